The van der Waals surface area contributed by atoms with Gasteiger partial charge in [0.25, 0.3) is 5.91 Å². The first-order valence-electron chi connectivity index (χ1n) is 6.72. The molecule has 0 unspecified atom stereocenters. The van der Waals surface area contributed by atoms with Gasteiger partial charge in [-0.3, -0.25) is 9.89 Å². The lowest BCUT2D eigenvalue weighted by Gasteiger charge is -2.14. The van der Waals surface area contributed by atoms with Gasteiger partial charge in [0.05, 0.1) is 17.2 Å². The third-order valence-electron chi connectivity index (χ3n) is 3.53. The highest BCUT2D eigenvalue weighted by Crippen LogP contribution is 2.34. The maximum Gasteiger partial charge on any atom is 0.262 e. The fourth-order valence-corrected chi connectivity index (χ4v) is 2.91. The number of amides is 1. The van der Waals surface area contributed by atoms with Gasteiger partial charge in [0, 0.05) is 30.8 Å². The van der Waals surface area contributed by atoms with Crippen LogP contribution >= 0.6 is 23.2 Å². The Bertz CT molecular complexity index is 730. The van der Waals surface area contributed by atoms with Gasteiger partial charge in [0.15, 0.2) is 11.6 Å². The molecule has 1 aromatic heterocycles. The van der Waals surface area contributed by atoms with E-state index in [9.17, 15) is 4.79 Å². The lowest BCUT2D eigenvalue weighted by molar-refractivity contribution is 0.102. The Kier molecular flexibility index (Phi) is 4.24. The summed E-state index contributed by atoms with van der Waals surface area (Å²) in [6.45, 7) is 1.54. The van der Waals surface area contributed by atoms with Crippen LogP contribution in [-0.4, -0.2) is 29.8 Å². The van der Waals surface area contributed by atoms with Crippen molar-refractivity contribution in [1.82, 2.24) is 15.5 Å². The molecule has 0 aliphatic carbocycles. The number of anilines is 1. The quantitative estimate of drug-likeness (QED) is 0.802. The van der Waals surface area contributed by atoms with Crippen molar-refractivity contribution in [2.75, 3.05) is 19.0 Å². The molecule has 0 saturated carbocycles. The Balaban J connectivity index is 1.93. The predicted octanol–water partition coefficient (Wildman–Crippen LogP) is 2.62. The molecular weight excluding hydrogens is 327 g/mol. The van der Waals surface area contributed by atoms with E-state index in [1.54, 1.807) is 12.1 Å². The molecular formula is C14H14Cl2N4O2. The van der Waals surface area contributed by atoms with Gasteiger partial charge in [-0.15, -0.1) is 0 Å². The molecule has 1 aromatic carbocycles. The summed E-state index contributed by atoms with van der Waals surface area (Å²) < 4.78 is 5.19. The van der Waals surface area contributed by atoms with E-state index in [2.05, 4.69) is 20.8 Å². The number of fused-ring (bicyclic) bond motifs is 1. The first kappa shape index (κ1) is 15.1. The van der Waals surface area contributed by atoms with Gasteiger partial charge < -0.3 is 15.4 Å². The normalized spacial score (nSPS) is 13.6. The van der Waals surface area contributed by atoms with E-state index < -0.39 is 5.91 Å². The van der Waals surface area contributed by atoms with Crippen LogP contribution in [0.5, 0.6) is 5.75 Å². The summed E-state index contributed by atoms with van der Waals surface area (Å²) in [5.41, 5.74) is 2.17. The molecule has 0 saturated heterocycles. The molecule has 3 rings (SSSR count). The van der Waals surface area contributed by atoms with Crippen molar-refractivity contribution in [2.24, 2.45) is 0 Å². The van der Waals surface area contributed by atoms with E-state index in [-0.39, 0.29) is 16.3 Å². The van der Waals surface area contributed by atoms with Crippen LogP contribution in [0.4, 0.5) is 5.82 Å². The number of carbonyl (C=O) groups is 1. The second kappa shape index (κ2) is 6.16. The average molecular weight is 341 g/mol. The van der Waals surface area contributed by atoms with Crippen molar-refractivity contribution in [2.45, 2.75) is 13.0 Å². The van der Waals surface area contributed by atoms with Gasteiger partial charge in [-0.25, -0.2) is 0 Å². The van der Waals surface area contributed by atoms with E-state index >= 15 is 0 Å². The van der Waals surface area contributed by atoms with Crippen LogP contribution in [0.15, 0.2) is 12.1 Å². The lowest BCUT2D eigenvalue weighted by Crippen LogP contribution is -2.24. The molecule has 116 valence electrons. The number of ether oxygens (including phenoxy) is 1. The van der Waals surface area contributed by atoms with Crippen LogP contribution < -0.4 is 15.4 Å². The Morgan fingerprint density at radius 1 is 1.36 bits per heavy atom. The minimum Gasteiger partial charge on any atom is -0.494 e. The number of hydrogen-bond acceptors (Lipinski definition) is 4. The molecule has 2 heterocycles. The Hall–Kier alpha value is -1.76. The molecule has 3 N–H and O–H groups in total. The molecule has 1 aliphatic heterocycles. The van der Waals surface area contributed by atoms with Crippen LogP contribution in [0, 0.1) is 0 Å². The number of benzene rings is 1. The third-order valence-corrected chi connectivity index (χ3v) is 4.14. The van der Waals surface area contributed by atoms with Crippen molar-refractivity contribution in [3.63, 3.8) is 0 Å². The van der Waals surface area contributed by atoms with Gasteiger partial charge in [-0.05, 0) is 12.1 Å². The molecule has 2 aromatic rings. The zero-order valence-electron chi connectivity index (χ0n) is 11.8. The summed E-state index contributed by atoms with van der Waals surface area (Å²) >= 11 is 12.2. The number of nitrogens with zero attached hydrogens (tertiary/aromatic N) is 1. The maximum atomic E-state index is 12.5. The molecule has 0 radical (unpaired) electrons. The minimum atomic E-state index is -0.413. The van der Waals surface area contributed by atoms with Gasteiger partial charge in [-0.2, -0.15) is 5.10 Å². The minimum absolute atomic E-state index is 0.192. The third kappa shape index (κ3) is 2.65. The van der Waals surface area contributed by atoms with Gasteiger partial charge >= 0.3 is 0 Å². The number of aromatic amines is 1. The number of nitrogens with one attached hydrogen (secondary N) is 3. The number of H-pyrrole nitrogens is 1. The molecule has 0 spiro atoms. The summed E-state index contributed by atoms with van der Waals surface area (Å²) in [6, 6.07) is 3.14. The summed E-state index contributed by atoms with van der Waals surface area (Å²) in [6.07, 6.45) is 0.847. The van der Waals surface area contributed by atoms with Crippen molar-refractivity contribution < 1.29 is 9.53 Å². The van der Waals surface area contributed by atoms with E-state index in [1.165, 1.54) is 7.11 Å². The summed E-state index contributed by atoms with van der Waals surface area (Å²) in [4.78, 5) is 12.5. The molecule has 6 nitrogen and oxygen atoms in total. The Morgan fingerprint density at radius 2 is 2.14 bits per heavy atom. The van der Waals surface area contributed by atoms with Crippen LogP contribution in [0.2, 0.25) is 10.0 Å². The number of halogens is 2. The van der Waals surface area contributed by atoms with Crippen LogP contribution in [-0.2, 0) is 13.0 Å². The SMILES string of the molecule is COc1c(Cl)ccc(Cl)c1C(=O)Nc1n[nH]c2c1CNCC2. The first-order chi connectivity index (χ1) is 10.6. The molecule has 1 aliphatic rings. The van der Waals surface area contributed by atoms with Crippen LogP contribution in [0.3, 0.4) is 0 Å². The second-order valence-corrected chi connectivity index (χ2v) is 5.66. The number of methoxy groups -OCH3 is 1. The van der Waals surface area contributed by atoms with Gasteiger partial charge in [-0.1, -0.05) is 23.2 Å². The van der Waals surface area contributed by atoms with Crippen molar-refractivity contribution >= 4 is 34.9 Å². The van der Waals surface area contributed by atoms with E-state index in [1.807, 2.05) is 0 Å². The highest BCUT2D eigenvalue weighted by Gasteiger charge is 2.23. The molecule has 1 amide bonds. The van der Waals surface area contributed by atoms with E-state index in [0.717, 1.165) is 24.2 Å². The molecule has 0 bridgehead atoms. The summed E-state index contributed by atoms with van der Waals surface area (Å²) in [5, 5.41) is 13.7. The summed E-state index contributed by atoms with van der Waals surface area (Å²) in [7, 11) is 1.44. The summed E-state index contributed by atoms with van der Waals surface area (Å²) in [5.74, 6) is 0.323. The monoisotopic (exact) mass is 340 g/mol. The standard InChI is InChI=1S/C14H14Cl2N4O2/c1-22-12-9(16)3-2-8(15)11(12)14(21)18-13-7-6-17-5-4-10(7)19-20-13/h2-3,17H,4-6H2,1H3,(H2,18,19,20,21). The Labute approximate surface area is 137 Å². The number of hydrogen-bond donors (Lipinski definition) is 3. The van der Waals surface area contributed by atoms with Crippen molar-refractivity contribution in [3.05, 3.63) is 39.0 Å². The largest absolute Gasteiger partial charge is 0.494 e. The number of rotatable bonds is 3. The molecule has 22 heavy (non-hydrogen) atoms. The molecule has 0 atom stereocenters. The lowest BCUT2D eigenvalue weighted by atomic mass is 10.1. The molecule has 8 heteroatoms. The van der Waals surface area contributed by atoms with Crippen LogP contribution in [0.1, 0.15) is 21.6 Å². The zero-order valence-corrected chi connectivity index (χ0v) is 13.3. The number of carbonyl (C=O) groups excluding carboxylic acids is 1. The highest BCUT2D eigenvalue weighted by atomic mass is 35.5. The highest BCUT2D eigenvalue weighted by molar-refractivity contribution is 6.37. The van der Waals surface area contributed by atoms with Crippen LogP contribution in [0.25, 0.3) is 0 Å². The van der Waals surface area contributed by atoms with Gasteiger partial charge in [0.2, 0.25) is 0 Å². The Morgan fingerprint density at radius 3 is 2.91 bits per heavy atom. The topological polar surface area (TPSA) is 79.0 Å². The average Bonchev–Trinajstić information content (AvgIpc) is 2.92. The van der Waals surface area contributed by atoms with Crippen molar-refractivity contribution in [1.29, 1.82) is 0 Å². The smallest absolute Gasteiger partial charge is 0.262 e. The maximum absolute atomic E-state index is 12.5. The van der Waals surface area contributed by atoms with E-state index in [4.69, 9.17) is 27.9 Å². The van der Waals surface area contributed by atoms with E-state index in [0.29, 0.717) is 17.4 Å². The second-order valence-electron chi connectivity index (χ2n) is 4.85. The zero-order chi connectivity index (χ0) is 15.7. The number of aromatic nitrogens is 2. The fourth-order valence-electron chi connectivity index (χ4n) is 2.44. The fraction of sp³-hybridized carbons (Fsp3) is 0.286. The van der Waals surface area contributed by atoms with Crippen molar-refractivity contribution in [3.8, 4) is 5.75 Å². The predicted molar refractivity (Wildman–Crippen MR) is 85.0 cm³/mol. The van der Waals surface area contributed by atoms with Gasteiger partial charge in [0.1, 0.15) is 5.56 Å². The molecule has 0 fully saturated rings. The first-order valence-corrected chi connectivity index (χ1v) is 7.47.